The molecule has 0 unspecified atom stereocenters. The molecule has 4 aromatic carbocycles. The lowest BCUT2D eigenvalue weighted by Gasteiger charge is -2.29. The summed E-state index contributed by atoms with van der Waals surface area (Å²) in [7, 11) is 0. The van der Waals surface area contributed by atoms with Crippen LogP contribution in [0.15, 0.2) is 134 Å². The molecule has 2 aliphatic heterocycles. The van der Waals surface area contributed by atoms with Gasteiger partial charge in [0.05, 0.1) is 12.4 Å². The number of nitrogen functional groups attached to an aromatic ring is 2. The van der Waals surface area contributed by atoms with Gasteiger partial charge in [0.25, 0.3) is 0 Å². The van der Waals surface area contributed by atoms with E-state index < -0.39 is 0 Å². The lowest BCUT2D eigenvalue weighted by atomic mass is 10.1. The molecule has 2 fully saturated rings. The van der Waals surface area contributed by atoms with Gasteiger partial charge in [0, 0.05) is 109 Å². The molecule has 0 saturated carbocycles. The van der Waals surface area contributed by atoms with Gasteiger partial charge in [-0.15, -0.1) is 0 Å². The first-order valence-corrected chi connectivity index (χ1v) is 20.4. The van der Waals surface area contributed by atoms with Crippen LogP contribution in [0.2, 0.25) is 0 Å². The first-order valence-electron chi connectivity index (χ1n) is 20.4. The fourth-order valence-electron chi connectivity index (χ4n) is 7.92. The Morgan fingerprint density at radius 3 is 1.28 bits per heavy atom. The van der Waals surface area contributed by atoms with Crippen molar-refractivity contribution in [2.75, 3.05) is 49.1 Å². The van der Waals surface area contributed by atoms with Gasteiger partial charge < -0.3 is 26.6 Å². The van der Waals surface area contributed by atoms with Crippen LogP contribution in [0.4, 0.5) is 11.4 Å². The summed E-state index contributed by atoms with van der Waals surface area (Å²) in [6, 6.07) is 32.5. The molecule has 0 atom stereocenters. The second-order valence-corrected chi connectivity index (χ2v) is 15.2. The third-order valence-electron chi connectivity index (χ3n) is 11.3. The Bertz CT molecular complexity index is 2560. The van der Waals surface area contributed by atoms with E-state index in [-0.39, 0.29) is 11.7 Å². The Labute approximate surface area is 348 Å². The predicted molar refractivity (Wildman–Crippen MR) is 241 cm³/mol. The first-order chi connectivity index (χ1) is 29.4. The van der Waals surface area contributed by atoms with Crippen molar-refractivity contribution in [3.05, 3.63) is 145 Å². The van der Waals surface area contributed by atoms with Gasteiger partial charge in [-0.05, 0) is 65.8 Å². The summed E-state index contributed by atoms with van der Waals surface area (Å²) in [6.07, 6.45) is 15.4. The van der Waals surface area contributed by atoms with Gasteiger partial charge in [0.2, 0.25) is 0 Å². The highest BCUT2D eigenvalue weighted by Gasteiger charge is 2.15. The SMILES string of the molecule is N=C(N)c1ccc(-c2cnn3cc(-c4ccc(N5CCCCC5)cc4)cnc23)cc1.N=C(N)c1ccc(-c2cnn3cc(-c4ccc(N5CCNCC5)cc4)cnc23)cc1. The largest absolute Gasteiger partial charge is 0.384 e. The quantitative estimate of drug-likeness (QED) is 0.0793. The minimum absolute atomic E-state index is 0.0622. The average Bonchev–Trinajstić information content (AvgIpc) is 3.94. The molecule has 2 aliphatic rings. The number of hydrogen-bond acceptors (Lipinski definition) is 9. The smallest absolute Gasteiger partial charge is 0.162 e. The molecular weight excluding hydrogens is 747 g/mol. The number of hydrogen-bond donors (Lipinski definition) is 5. The van der Waals surface area contributed by atoms with Crippen molar-refractivity contribution in [1.29, 1.82) is 10.8 Å². The molecule has 60 heavy (non-hydrogen) atoms. The standard InChI is InChI=1S/C24H24N6.C23H23N7/c25-23(26)19-6-4-18(5-7-19)22-15-28-30-16-20(14-27-24(22)30)17-8-10-21(11-9-17)29-12-2-1-3-13-29;24-22(25)18-3-1-17(2-4-18)21-14-28-30-15-19(13-27-23(21)30)16-5-7-20(8-6-16)29-11-9-26-10-12-29/h4-11,14-16H,1-3,12-13H2,(H3,25,26);1-8,13-15,26H,9-12H2,(H3,24,25). The molecule has 0 bridgehead atoms. The second-order valence-electron chi connectivity index (χ2n) is 15.2. The minimum Gasteiger partial charge on any atom is -0.384 e. The van der Waals surface area contributed by atoms with Crippen molar-refractivity contribution < 1.29 is 0 Å². The summed E-state index contributed by atoms with van der Waals surface area (Å²) in [6.45, 7) is 6.43. The molecule has 0 radical (unpaired) electrons. The van der Waals surface area contributed by atoms with Crippen molar-refractivity contribution in [2.45, 2.75) is 19.3 Å². The van der Waals surface area contributed by atoms with E-state index >= 15 is 0 Å². The zero-order chi connectivity index (χ0) is 41.0. The highest BCUT2D eigenvalue weighted by atomic mass is 15.2. The van der Waals surface area contributed by atoms with Gasteiger partial charge in [0.15, 0.2) is 11.3 Å². The van der Waals surface area contributed by atoms with E-state index in [0.29, 0.717) is 11.1 Å². The zero-order valence-electron chi connectivity index (χ0n) is 33.3. The number of amidine groups is 2. The number of anilines is 2. The van der Waals surface area contributed by atoms with Crippen molar-refractivity contribution in [1.82, 2.24) is 34.5 Å². The summed E-state index contributed by atoms with van der Waals surface area (Å²) in [5.41, 5.74) is 24.9. The molecule has 0 amide bonds. The summed E-state index contributed by atoms with van der Waals surface area (Å²) >= 11 is 0. The number of piperazine rings is 1. The number of rotatable bonds is 8. The van der Waals surface area contributed by atoms with E-state index in [1.54, 1.807) is 0 Å². The lowest BCUT2D eigenvalue weighted by molar-refractivity contribution is 0.578. The van der Waals surface area contributed by atoms with Crippen molar-refractivity contribution in [3.8, 4) is 44.5 Å². The van der Waals surface area contributed by atoms with E-state index in [4.69, 9.17) is 22.3 Å². The van der Waals surface area contributed by atoms with E-state index in [9.17, 15) is 0 Å². The Kier molecular flexibility index (Phi) is 10.7. The van der Waals surface area contributed by atoms with Crippen LogP contribution in [0, 0.1) is 10.8 Å². The van der Waals surface area contributed by atoms with E-state index in [2.05, 4.69) is 83.8 Å². The number of nitrogens with zero attached hydrogens (tertiary/aromatic N) is 8. The molecule has 2 saturated heterocycles. The molecule has 13 nitrogen and oxygen atoms in total. The molecule has 4 aromatic heterocycles. The van der Waals surface area contributed by atoms with Gasteiger partial charge in [-0.1, -0.05) is 72.8 Å². The second kappa shape index (κ2) is 16.8. The van der Waals surface area contributed by atoms with Gasteiger partial charge in [-0.3, -0.25) is 10.8 Å². The van der Waals surface area contributed by atoms with E-state index in [0.717, 1.165) is 95.1 Å². The predicted octanol–water partition coefficient (Wildman–Crippen LogP) is 7.09. The van der Waals surface area contributed by atoms with E-state index in [1.165, 1.54) is 30.6 Å². The maximum atomic E-state index is 7.53. The van der Waals surface area contributed by atoms with Gasteiger partial charge in [0.1, 0.15) is 11.7 Å². The first kappa shape index (κ1) is 38.2. The van der Waals surface area contributed by atoms with Gasteiger partial charge in [-0.2, -0.15) is 10.2 Å². The lowest BCUT2D eigenvalue weighted by Crippen LogP contribution is -2.43. The summed E-state index contributed by atoms with van der Waals surface area (Å²) in [5.74, 6) is 0.127. The van der Waals surface area contributed by atoms with Crippen LogP contribution >= 0.6 is 0 Å². The number of fused-ring (bicyclic) bond motifs is 2. The Morgan fingerprint density at radius 1 is 0.467 bits per heavy atom. The molecule has 13 heteroatoms. The summed E-state index contributed by atoms with van der Waals surface area (Å²) in [5, 5.41) is 27.5. The maximum absolute atomic E-state index is 7.53. The number of aromatic nitrogens is 6. The van der Waals surface area contributed by atoms with Crippen LogP contribution in [0.1, 0.15) is 30.4 Å². The van der Waals surface area contributed by atoms with Crippen molar-refractivity contribution in [3.63, 3.8) is 0 Å². The molecule has 8 aromatic rings. The topological polar surface area (TPSA) is 179 Å². The number of nitrogens with two attached hydrogens (primary N) is 2. The molecule has 300 valence electrons. The summed E-state index contributed by atoms with van der Waals surface area (Å²) < 4.78 is 3.63. The van der Waals surface area contributed by atoms with E-state index in [1.807, 2.05) is 94.7 Å². The van der Waals surface area contributed by atoms with Crippen LogP contribution in [0.3, 0.4) is 0 Å². The fourth-order valence-corrected chi connectivity index (χ4v) is 7.92. The summed E-state index contributed by atoms with van der Waals surface area (Å²) in [4.78, 5) is 14.2. The molecule has 10 rings (SSSR count). The van der Waals surface area contributed by atoms with Crippen LogP contribution < -0.4 is 26.6 Å². The minimum atomic E-state index is 0.0622. The third-order valence-corrected chi connectivity index (χ3v) is 11.3. The Hall–Kier alpha value is -7.38. The van der Waals surface area contributed by atoms with Gasteiger partial charge >= 0.3 is 0 Å². The molecule has 0 spiro atoms. The van der Waals surface area contributed by atoms with Crippen LogP contribution in [-0.2, 0) is 0 Å². The number of nitrogens with one attached hydrogen (secondary N) is 3. The van der Waals surface area contributed by atoms with Crippen LogP contribution in [0.25, 0.3) is 55.8 Å². The molecule has 0 aliphatic carbocycles. The van der Waals surface area contributed by atoms with Gasteiger partial charge in [-0.25, -0.2) is 19.0 Å². The molecule has 6 heterocycles. The highest BCUT2D eigenvalue weighted by molar-refractivity contribution is 5.96. The third kappa shape index (κ3) is 8.03. The van der Waals surface area contributed by atoms with Crippen molar-refractivity contribution in [2.24, 2.45) is 11.5 Å². The molecular formula is C47H47N13. The molecule has 7 N–H and O–H groups in total. The normalized spacial score (nSPS) is 14.2. The maximum Gasteiger partial charge on any atom is 0.162 e. The Balaban J connectivity index is 0.000000154. The number of piperidine rings is 1. The average molecular weight is 794 g/mol. The highest BCUT2D eigenvalue weighted by Crippen LogP contribution is 2.30. The zero-order valence-corrected chi connectivity index (χ0v) is 33.3. The van der Waals surface area contributed by atoms with Crippen LogP contribution in [0.5, 0.6) is 0 Å². The fraction of sp³-hybridized carbons (Fsp3) is 0.191. The monoisotopic (exact) mass is 793 g/mol. The van der Waals surface area contributed by atoms with Crippen molar-refractivity contribution >= 4 is 34.3 Å². The Morgan fingerprint density at radius 2 is 0.867 bits per heavy atom. The number of benzene rings is 4. The van der Waals surface area contributed by atoms with Crippen LogP contribution in [-0.4, -0.2) is 80.1 Å².